The first-order valence-corrected chi connectivity index (χ1v) is 10.7. The second-order valence-electron chi connectivity index (χ2n) is 5.29. The largest absolute Gasteiger partial charge is 0.399 e. The van der Waals surface area contributed by atoms with Crippen LogP contribution in [-0.4, -0.2) is 21.4 Å². The van der Waals surface area contributed by atoms with Crippen LogP contribution >= 0.6 is 0 Å². The lowest BCUT2D eigenvalue weighted by atomic mass is 10.1. The number of carbonyl (C=O) groups excluding carboxylic acids is 1. The molecule has 1 atom stereocenters. The predicted molar refractivity (Wildman–Crippen MR) is 119 cm³/mol. The molecule has 3 rings (SSSR count). The van der Waals surface area contributed by atoms with E-state index in [2.05, 4.69) is 10.3 Å². The summed E-state index contributed by atoms with van der Waals surface area (Å²) in [7, 11) is -1.15. The van der Waals surface area contributed by atoms with Gasteiger partial charge in [0.25, 0.3) is 5.91 Å². The number of benzene rings is 2. The van der Waals surface area contributed by atoms with Crippen LogP contribution in [0.2, 0.25) is 0 Å². The number of fused-ring (bicyclic) bond motifs is 1. The van der Waals surface area contributed by atoms with Crippen molar-refractivity contribution >= 4 is 44.7 Å². The van der Waals surface area contributed by atoms with Crippen molar-refractivity contribution in [3.05, 3.63) is 54.2 Å². The molecule has 28 heavy (non-hydrogen) atoms. The highest BCUT2D eigenvalue weighted by Gasteiger charge is 2.15. The molecular weight excluding hydrogens is 372 g/mol. The third-order valence-electron chi connectivity index (χ3n) is 3.59. The summed E-state index contributed by atoms with van der Waals surface area (Å²) >= 11 is 0. The fourth-order valence-electron chi connectivity index (χ4n) is 2.43. The highest BCUT2D eigenvalue weighted by molar-refractivity contribution is 7.84. The van der Waals surface area contributed by atoms with Gasteiger partial charge in [0.05, 0.1) is 16.8 Å². The molecule has 1 aromatic heterocycles. The van der Waals surface area contributed by atoms with E-state index in [1.165, 1.54) is 6.20 Å². The minimum absolute atomic E-state index is 0.254. The van der Waals surface area contributed by atoms with E-state index < -0.39 is 16.7 Å². The van der Waals surface area contributed by atoms with E-state index in [9.17, 15) is 9.00 Å². The molecule has 0 aliphatic heterocycles. The number of hydrogen-bond donors (Lipinski definition) is 3. The predicted octanol–water partition coefficient (Wildman–Crippen LogP) is 4.45. The van der Waals surface area contributed by atoms with Gasteiger partial charge in [-0.25, -0.2) is 0 Å². The first-order valence-electron chi connectivity index (χ1n) is 9.14. The van der Waals surface area contributed by atoms with Gasteiger partial charge in [-0.15, -0.1) is 0 Å². The minimum Gasteiger partial charge on any atom is -0.399 e. The third kappa shape index (κ3) is 5.53. The van der Waals surface area contributed by atoms with E-state index in [0.29, 0.717) is 32.9 Å². The van der Waals surface area contributed by atoms with Crippen LogP contribution in [0.15, 0.2) is 53.6 Å². The summed E-state index contributed by atoms with van der Waals surface area (Å²) in [6, 6.07) is 12.4. The second-order valence-corrected chi connectivity index (χ2v) is 6.67. The van der Waals surface area contributed by atoms with Crippen molar-refractivity contribution in [1.29, 1.82) is 0 Å². The lowest BCUT2D eigenvalue weighted by molar-refractivity contribution is 0.100. The maximum absolute atomic E-state index is 11.8. The molecule has 0 radical (unpaired) electrons. The van der Waals surface area contributed by atoms with Crippen LogP contribution in [0, 0.1) is 0 Å². The molecule has 1 amide bonds. The number of carbonyl (C=O) groups is 1. The van der Waals surface area contributed by atoms with Crippen molar-refractivity contribution in [2.45, 2.75) is 32.6 Å². The van der Waals surface area contributed by atoms with Crippen molar-refractivity contribution in [2.75, 3.05) is 17.3 Å². The quantitative estimate of drug-likeness (QED) is 0.560. The average molecular weight is 401 g/mol. The molecule has 5 N–H and O–H groups in total. The van der Waals surface area contributed by atoms with Gasteiger partial charge in [-0.1, -0.05) is 33.8 Å². The number of nitrogen functional groups attached to an aromatic ring is 1. The zero-order chi connectivity index (χ0) is 21.3. The fraction of sp³-hybridized carbons (Fsp3) is 0.238. The van der Waals surface area contributed by atoms with Crippen LogP contribution in [0.1, 0.15) is 38.1 Å². The molecular formula is C21H28N4O2S. The molecule has 1 heterocycles. The van der Waals surface area contributed by atoms with Crippen molar-refractivity contribution in [2.24, 2.45) is 5.73 Å². The topological polar surface area (TPSA) is 111 Å². The smallest absolute Gasteiger partial charge is 0.252 e. The van der Waals surface area contributed by atoms with Gasteiger partial charge < -0.3 is 16.8 Å². The van der Waals surface area contributed by atoms with E-state index in [0.717, 1.165) is 0 Å². The summed E-state index contributed by atoms with van der Waals surface area (Å²) in [5.74, 6) is -0.598. The fourth-order valence-corrected chi connectivity index (χ4v) is 2.98. The Balaban J connectivity index is 0.000000921. The maximum atomic E-state index is 11.8. The molecule has 0 spiro atoms. The Hall–Kier alpha value is -2.93. The van der Waals surface area contributed by atoms with Gasteiger partial charge in [-0.2, -0.15) is 0 Å². The number of nitrogens with zero attached hydrogens (tertiary/aromatic N) is 1. The lowest BCUT2D eigenvalue weighted by Crippen LogP contribution is -2.14. The van der Waals surface area contributed by atoms with Crippen molar-refractivity contribution in [3.63, 3.8) is 0 Å². The SMILES string of the molecule is CC.CC.CS(=O)c1ccc2ncc(C(N)=O)c(Nc3cccc(N)c3)c2c1. The average Bonchev–Trinajstić information content (AvgIpc) is 2.70. The van der Waals surface area contributed by atoms with E-state index in [1.54, 1.807) is 42.7 Å². The zero-order valence-corrected chi connectivity index (χ0v) is 17.8. The number of rotatable bonds is 4. The molecule has 150 valence electrons. The van der Waals surface area contributed by atoms with Crippen LogP contribution in [0.5, 0.6) is 0 Å². The summed E-state index contributed by atoms with van der Waals surface area (Å²) in [6.45, 7) is 8.00. The monoisotopic (exact) mass is 400 g/mol. The van der Waals surface area contributed by atoms with Gasteiger partial charge in [0.2, 0.25) is 0 Å². The molecule has 0 aliphatic rings. The number of nitrogens with one attached hydrogen (secondary N) is 1. The molecule has 2 aromatic carbocycles. The Bertz CT molecular complexity index is 969. The molecule has 6 nitrogen and oxygen atoms in total. The summed E-state index contributed by atoms with van der Waals surface area (Å²) in [5.41, 5.74) is 14.0. The zero-order valence-electron chi connectivity index (χ0n) is 16.9. The highest BCUT2D eigenvalue weighted by Crippen LogP contribution is 2.30. The van der Waals surface area contributed by atoms with Crippen LogP contribution in [0.25, 0.3) is 10.9 Å². The standard InChI is InChI=1S/C17H16N4O2S.2C2H6/c1-24(23)12-5-6-15-13(8-12)16(14(9-20-15)17(19)22)21-11-4-2-3-10(18)7-11;2*1-2/h2-9H,18H2,1H3,(H2,19,22)(H,20,21);2*1-2H3. The Kier molecular flexibility index (Phi) is 9.11. The van der Waals surface area contributed by atoms with Crippen LogP contribution in [0.3, 0.4) is 0 Å². The Labute approximate surface area is 168 Å². The normalized spacial score (nSPS) is 10.8. The molecule has 0 fully saturated rings. The summed E-state index contributed by atoms with van der Waals surface area (Å²) < 4.78 is 11.8. The lowest BCUT2D eigenvalue weighted by Gasteiger charge is -2.14. The Morgan fingerprint density at radius 3 is 2.32 bits per heavy atom. The molecule has 0 aliphatic carbocycles. The van der Waals surface area contributed by atoms with Crippen LogP contribution in [-0.2, 0) is 10.8 Å². The number of anilines is 3. The van der Waals surface area contributed by atoms with E-state index >= 15 is 0 Å². The number of aromatic nitrogens is 1. The molecule has 0 bridgehead atoms. The number of amides is 1. The number of hydrogen-bond acceptors (Lipinski definition) is 5. The first kappa shape index (κ1) is 23.1. The Morgan fingerprint density at radius 2 is 1.75 bits per heavy atom. The molecule has 7 heteroatoms. The molecule has 1 unspecified atom stereocenters. The van der Waals surface area contributed by atoms with Gasteiger partial charge in [0, 0.05) is 44.9 Å². The van der Waals surface area contributed by atoms with E-state index in [4.69, 9.17) is 11.5 Å². The molecule has 0 saturated carbocycles. The van der Waals surface area contributed by atoms with Gasteiger partial charge in [0.1, 0.15) is 0 Å². The van der Waals surface area contributed by atoms with Crippen molar-refractivity contribution in [3.8, 4) is 0 Å². The van der Waals surface area contributed by atoms with Crippen molar-refractivity contribution < 1.29 is 9.00 Å². The van der Waals surface area contributed by atoms with Gasteiger partial charge >= 0.3 is 0 Å². The number of primary amides is 1. The number of nitrogens with two attached hydrogens (primary N) is 2. The Morgan fingerprint density at radius 1 is 1.07 bits per heavy atom. The molecule has 3 aromatic rings. The second kappa shape index (κ2) is 11.0. The van der Waals surface area contributed by atoms with Gasteiger partial charge in [-0.3, -0.25) is 14.0 Å². The van der Waals surface area contributed by atoms with Crippen LogP contribution < -0.4 is 16.8 Å². The highest BCUT2D eigenvalue weighted by atomic mass is 32.2. The minimum atomic E-state index is -1.15. The van der Waals surface area contributed by atoms with Gasteiger partial charge in [-0.05, 0) is 36.4 Å². The summed E-state index contributed by atoms with van der Waals surface area (Å²) in [4.78, 5) is 16.7. The van der Waals surface area contributed by atoms with E-state index in [-0.39, 0.29) is 5.56 Å². The summed E-state index contributed by atoms with van der Waals surface area (Å²) in [6.07, 6.45) is 3.03. The third-order valence-corrected chi connectivity index (χ3v) is 4.51. The first-order chi connectivity index (χ1) is 13.5. The summed E-state index contributed by atoms with van der Waals surface area (Å²) in [5, 5.41) is 3.85. The number of pyridine rings is 1. The van der Waals surface area contributed by atoms with Gasteiger partial charge in [0.15, 0.2) is 0 Å². The van der Waals surface area contributed by atoms with Crippen LogP contribution in [0.4, 0.5) is 17.1 Å². The maximum Gasteiger partial charge on any atom is 0.252 e. The van der Waals surface area contributed by atoms with E-state index in [1.807, 2.05) is 33.8 Å². The van der Waals surface area contributed by atoms with Crippen molar-refractivity contribution in [1.82, 2.24) is 4.98 Å². The molecule has 0 saturated heterocycles.